The molecule has 0 amide bonds. The summed E-state index contributed by atoms with van der Waals surface area (Å²) in [5.74, 6) is 1.12. The molecular weight excluding hydrogens is 426 g/mol. The molecule has 10 heteroatoms. The normalized spacial score (nSPS) is 18.6. The average Bonchev–Trinajstić information content (AvgIpc) is 3.24. The largest absolute Gasteiger partial charge is 0.351 e. The third-order valence-corrected chi connectivity index (χ3v) is 5.94. The molecule has 1 aliphatic rings. The number of H-pyrrole nitrogens is 1. The maximum absolute atomic E-state index is 6.00. The molecule has 0 aliphatic heterocycles. The molecule has 0 radical (unpaired) electrons. The van der Waals surface area contributed by atoms with Crippen LogP contribution in [0.3, 0.4) is 0 Å². The summed E-state index contributed by atoms with van der Waals surface area (Å²) in [5.41, 5.74) is 9.12. The highest BCUT2D eigenvalue weighted by Gasteiger charge is 2.20. The Morgan fingerprint density at radius 1 is 1.00 bits per heavy atom. The van der Waals surface area contributed by atoms with Crippen LogP contribution in [0.25, 0.3) is 22.4 Å². The molecule has 3 aromatic heterocycles. The Kier molecular flexibility index (Phi) is 5.83. The van der Waals surface area contributed by atoms with Crippen LogP contribution in [0.4, 0.5) is 11.9 Å². The highest BCUT2D eigenvalue weighted by molar-refractivity contribution is 6.30. The van der Waals surface area contributed by atoms with Crippen molar-refractivity contribution in [1.82, 2.24) is 30.1 Å². The summed E-state index contributed by atoms with van der Waals surface area (Å²) < 4.78 is 0. The zero-order valence-corrected chi connectivity index (χ0v) is 18.2. The lowest BCUT2D eigenvalue weighted by atomic mass is 9.92. The van der Waals surface area contributed by atoms with Crippen LogP contribution in [-0.2, 0) is 6.54 Å². The summed E-state index contributed by atoms with van der Waals surface area (Å²) in [7, 11) is 0. The van der Waals surface area contributed by atoms with Crippen molar-refractivity contribution in [1.29, 1.82) is 0 Å². The Morgan fingerprint density at radius 2 is 1.81 bits per heavy atom. The maximum atomic E-state index is 6.00. The lowest BCUT2D eigenvalue weighted by molar-refractivity contribution is 0.410. The zero-order chi connectivity index (χ0) is 21.9. The average molecular weight is 450 g/mol. The highest BCUT2D eigenvalue weighted by atomic mass is 35.5. The molecule has 4 aromatic rings. The van der Waals surface area contributed by atoms with E-state index in [1.807, 2.05) is 30.3 Å². The van der Waals surface area contributed by atoms with E-state index in [9.17, 15) is 0 Å². The molecule has 0 spiro atoms. The number of rotatable bonds is 6. The number of halogens is 1. The van der Waals surface area contributed by atoms with Gasteiger partial charge in [-0.3, -0.25) is 5.10 Å². The Balaban J connectivity index is 1.31. The lowest BCUT2D eigenvalue weighted by Gasteiger charge is -2.26. The molecule has 0 atom stereocenters. The molecule has 32 heavy (non-hydrogen) atoms. The Labute approximate surface area is 190 Å². The van der Waals surface area contributed by atoms with Crippen molar-refractivity contribution in [2.45, 2.75) is 44.3 Å². The Bertz CT molecular complexity index is 1200. The second-order valence-electron chi connectivity index (χ2n) is 8.03. The number of aromatic amines is 1. The number of hydrogen-bond donors (Lipinski definition) is 4. The van der Waals surface area contributed by atoms with Crippen molar-refractivity contribution in [2.24, 2.45) is 5.73 Å². The van der Waals surface area contributed by atoms with Gasteiger partial charge in [-0.05, 0) is 49.4 Å². The first-order chi connectivity index (χ1) is 15.6. The van der Waals surface area contributed by atoms with E-state index in [4.69, 9.17) is 17.3 Å². The second-order valence-corrected chi connectivity index (χ2v) is 8.47. The van der Waals surface area contributed by atoms with Gasteiger partial charge in [-0.2, -0.15) is 10.1 Å². The number of nitrogens with one attached hydrogen (secondary N) is 3. The van der Waals surface area contributed by atoms with Crippen molar-refractivity contribution in [3.63, 3.8) is 0 Å². The first-order valence-corrected chi connectivity index (χ1v) is 11.1. The van der Waals surface area contributed by atoms with E-state index in [-0.39, 0.29) is 0 Å². The van der Waals surface area contributed by atoms with Crippen LogP contribution in [0.1, 0.15) is 31.2 Å². The number of anilines is 2. The molecule has 0 saturated heterocycles. The van der Waals surface area contributed by atoms with Gasteiger partial charge in [0, 0.05) is 36.0 Å². The number of nitrogens with two attached hydrogens (primary N) is 1. The maximum Gasteiger partial charge on any atom is 0.224 e. The molecule has 9 nitrogen and oxygen atoms in total. The number of hydrogen-bond acceptors (Lipinski definition) is 8. The monoisotopic (exact) mass is 449 g/mol. The van der Waals surface area contributed by atoms with Crippen molar-refractivity contribution in [3.8, 4) is 11.4 Å². The fraction of sp³-hybridized carbons (Fsp3) is 0.318. The Hall–Kier alpha value is -3.30. The third-order valence-electron chi connectivity index (χ3n) is 5.68. The fourth-order valence-electron chi connectivity index (χ4n) is 3.88. The highest BCUT2D eigenvalue weighted by Crippen LogP contribution is 2.25. The van der Waals surface area contributed by atoms with Crippen LogP contribution in [-0.4, -0.2) is 42.2 Å². The summed E-state index contributed by atoms with van der Waals surface area (Å²) in [6.45, 7) is 0.589. The molecule has 5 rings (SSSR count). The Morgan fingerprint density at radius 3 is 2.62 bits per heavy atom. The first kappa shape index (κ1) is 20.6. The number of nitrogens with zero attached hydrogens (tertiary/aromatic N) is 5. The predicted octanol–water partition coefficient (Wildman–Crippen LogP) is 3.76. The van der Waals surface area contributed by atoms with E-state index >= 15 is 0 Å². The second kappa shape index (κ2) is 9.05. The van der Waals surface area contributed by atoms with Gasteiger partial charge in [0.15, 0.2) is 5.65 Å². The molecule has 5 N–H and O–H groups in total. The van der Waals surface area contributed by atoms with Crippen LogP contribution < -0.4 is 16.4 Å². The van der Waals surface area contributed by atoms with Crippen LogP contribution in [0.15, 0.2) is 42.7 Å². The number of aromatic nitrogens is 6. The summed E-state index contributed by atoms with van der Waals surface area (Å²) in [6, 6.07) is 10.1. The van der Waals surface area contributed by atoms with E-state index in [0.717, 1.165) is 36.6 Å². The molecule has 3 heterocycles. The predicted molar refractivity (Wildman–Crippen MR) is 125 cm³/mol. The van der Waals surface area contributed by atoms with Gasteiger partial charge in [-0.1, -0.05) is 23.7 Å². The van der Waals surface area contributed by atoms with Crippen molar-refractivity contribution in [3.05, 3.63) is 53.3 Å². The smallest absolute Gasteiger partial charge is 0.224 e. The van der Waals surface area contributed by atoms with Crippen LogP contribution in [0, 0.1) is 0 Å². The summed E-state index contributed by atoms with van der Waals surface area (Å²) in [4.78, 5) is 18.0. The summed E-state index contributed by atoms with van der Waals surface area (Å²) in [6.07, 6.45) is 7.60. The van der Waals surface area contributed by atoms with E-state index in [2.05, 4.69) is 40.8 Å². The molecule has 0 bridgehead atoms. The standard InChI is InChI=1S/C22H24ClN9/c23-14-3-1-13(2-4-14)11-26-21-25-10-9-18(29-21)19-17-12-27-22(30-20(17)32-31-19)28-16-7-5-15(24)6-8-16/h1-4,9-10,12,15-16H,5-8,11,24H2,(H,25,26,29)(H2,27,28,30,31,32). The van der Waals surface area contributed by atoms with Crippen LogP contribution in [0.2, 0.25) is 5.02 Å². The van der Waals surface area contributed by atoms with Gasteiger partial charge in [0.25, 0.3) is 0 Å². The minimum atomic E-state index is 0.310. The van der Waals surface area contributed by atoms with Crippen molar-refractivity contribution in [2.75, 3.05) is 10.6 Å². The quantitative estimate of drug-likeness (QED) is 0.350. The minimum absolute atomic E-state index is 0.310. The third kappa shape index (κ3) is 4.63. The summed E-state index contributed by atoms with van der Waals surface area (Å²) in [5, 5.41) is 15.6. The number of benzene rings is 1. The van der Waals surface area contributed by atoms with Gasteiger partial charge in [0.2, 0.25) is 11.9 Å². The van der Waals surface area contributed by atoms with Gasteiger partial charge in [0.05, 0.1) is 11.1 Å². The van der Waals surface area contributed by atoms with E-state index < -0.39 is 0 Å². The molecule has 1 aromatic carbocycles. The van der Waals surface area contributed by atoms with Crippen molar-refractivity contribution >= 4 is 34.5 Å². The van der Waals surface area contributed by atoms with Crippen molar-refractivity contribution < 1.29 is 0 Å². The van der Waals surface area contributed by atoms with Gasteiger partial charge in [-0.25, -0.2) is 15.0 Å². The summed E-state index contributed by atoms with van der Waals surface area (Å²) >= 11 is 5.94. The zero-order valence-electron chi connectivity index (χ0n) is 17.4. The molecule has 0 unspecified atom stereocenters. The van der Waals surface area contributed by atoms with Gasteiger partial charge in [0.1, 0.15) is 5.69 Å². The van der Waals surface area contributed by atoms with E-state index in [0.29, 0.717) is 52.6 Å². The molecule has 1 aliphatic carbocycles. The topological polar surface area (TPSA) is 130 Å². The van der Waals surface area contributed by atoms with Gasteiger partial charge < -0.3 is 16.4 Å². The lowest BCUT2D eigenvalue weighted by Crippen LogP contribution is -2.33. The fourth-order valence-corrected chi connectivity index (χ4v) is 4.01. The molecule has 164 valence electrons. The van der Waals surface area contributed by atoms with Gasteiger partial charge >= 0.3 is 0 Å². The first-order valence-electron chi connectivity index (χ1n) is 10.7. The minimum Gasteiger partial charge on any atom is -0.351 e. The number of fused-ring (bicyclic) bond motifs is 1. The van der Waals surface area contributed by atoms with Crippen LogP contribution >= 0.6 is 11.6 Å². The van der Waals surface area contributed by atoms with Crippen LogP contribution in [0.5, 0.6) is 0 Å². The molecule has 1 saturated carbocycles. The SMILES string of the molecule is NC1CCC(Nc2ncc3c(-c4ccnc(NCc5ccc(Cl)cc5)n4)n[nH]c3n2)CC1. The molecule has 1 fully saturated rings. The van der Waals surface area contributed by atoms with Gasteiger partial charge in [-0.15, -0.1) is 0 Å². The molecular formula is C22H24ClN9. The van der Waals surface area contributed by atoms with E-state index in [1.165, 1.54) is 0 Å². The van der Waals surface area contributed by atoms with E-state index in [1.54, 1.807) is 12.4 Å².